The van der Waals surface area contributed by atoms with Crippen molar-refractivity contribution < 1.29 is 22.7 Å². The van der Waals surface area contributed by atoms with Crippen molar-refractivity contribution in [3.63, 3.8) is 0 Å². The molecule has 2 aromatic rings. The SMILES string of the molecule is COc1ccc(S(=O)(=O)N2CCC[C@@H](C(=O)Nc3cc(C)ccc3OC)C2)cc1Cl. The highest BCUT2D eigenvalue weighted by Crippen LogP contribution is 2.31. The second-order valence-electron chi connectivity index (χ2n) is 7.19. The minimum atomic E-state index is -3.78. The molecule has 0 aromatic heterocycles. The molecule has 0 radical (unpaired) electrons. The van der Waals surface area contributed by atoms with Crippen molar-refractivity contribution in [1.82, 2.24) is 4.31 Å². The number of ether oxygens (including phenoxy) is 2. The van der Waals surface area contributed by atoms with Gasteiger partial charge in [0, 0.05) is 13.1 Å². The van der Waals surface area contributed by atoms with Gasteiger partial charge in [0.2, 0.25) is 15.9 Å². The molecule has 1 atom stereocenters. The topological polar surface area (TPSA) is 84.9 Å². The fourth-order valence-corrected chi connectivity index (χ4v) is 5.36. The van der Waals surface area contributed by atoms with Crippen LogP contribution in [0.2, 0.25) is 5.02 Å². The van der Waals surface area contributed by atoms with Crippen LogP contribution < -0.4 is 14.8 Å². The highest BCUT2D eigenvalue weighted by molar-refractivity contribution is 7.89. The predicted molar refractivity (Wildman–Crippen MR) is 116 cm³/mol. The van der Waals surface area contributed by atoms with Gasteiger partial charge in [-0.25, -0.2) is 8.42 Å². The van der Waals surface area contributed by atoms with Crippen LogP contribution in [0.25, 0.3) is 0 Å². The number of piperidine rings is 1. The molecule has 0 bridgehead atoms. The van der Waals surface area contributed by atoms with E-state index >= 15 is 0 Å². The van der Waals surface area contributed by atoms with E-state index in [1.54, 1.807) is 6.07 Å². The van der Waals surface area contributed by atoms with Crippen LogP contribution in [0.5, 0.6) is 11.5 Å². The highest BCUT2D eigenvalue weighted by atomic mass is 35.5. The summed E-state index contributed by atoms with van der Waals surface area (Å²) in [6.45, 7) is 2.37. The number of hydrogen-bond acceptors (Lipinski definition) is 5. The van der Waals surface area contributed by atoms with Crippen LogP contribution in [0.1, 0.15) is 18.4 Å². The van der Waals surface area contributed by atoms with Crippen molar-refractivity contribution >= 4 is 33.2 Å². The van der Waals surface area contributed by atoms with Gasteiger partial charge in [-0.1, -0.05) is 17.7 Å². The van der Waals surface area contributed by atoms with E-state index in [1.807, 2.05) is 19.1 Å². The molecular formula is C21H25ClN2O5S. The molecule has 2 aromatic carbocycles. The smallest absolute Gasteiger partial charge is 0.243 e. The number of nitrogens with one attached hydrogen (secondary N) is 1. The van der Waals surface area contributed by atoms with Gasteiger partial charge < -0.3 is 14.8 Å². The van der Waals surface area contributed by atoms with Crippen molar-refractivity contribution in [2.24, 2.45) is 5.92 Å². The Labute approximate surface area is 182 Å². The van der Waals surface area contributed by atoms with Gasteiger partial charge in [-0.15, -0.1) is 0 Å². The first-order valence-corrected chi connectivity index (χ1v) is 11.4. The molecule has 1 N–H and O–H groups in total. The number of hydrogen-bond donors (Lipinski definition) is 1. The number of anilines is 1. The summed E-state index contributed by atoms with van der Waals surface area (Å²) >= 11 is 6.10. The summed E-state index contributed by atoms with van der Waals surface area (Å²) in [6.07, 6.45) is 1.20. The monoisotopic (exact) mass is 452 g/mol. The fraction of sp³-hybridized carbons (Fsp3) is 0.381. The summed E-state index contributed by atoms with van der Waals surface area (Å²) in [4.78, 5) is 12.9. The third-order valence-corrected chi connectivity index (χ3v) is 7.29. The Kier molecular flexibility index (Phi) is 6.90. The molecule has 162 valence electrons. The fourth-order valence-electron chi connectivity index (χ4n) is 3.49. The zero-order valence-corrected chi connectivity index (χ0v) is 18.7. The number of carbonyl (C=O) groups is 1. The molecule has 30 heavy (non-hydrogen) atoms. The van der Waals surface area contributed by atoms with Gasteiger partial charge in [0.05, 0.1) is 35.7 Å². The van der Waals surface area contributed by atoms with Gasteiger partial charge in [0.25, 0.3) is 0 Å². The number of nitrogens with zero attached hydrogens (tertiary/aromatic N) is 1. The molecule has 0 aliphatic carbocycles. The van der Waals surface area contributed by atoms with E-state index in [-0.39, 0.29) is 22.4 Å². The average Bonchev–Trinajstić information content (AvgIpc) is 2.74. The number of rotatable bonds is 6. The van der Waals surface area contributed by atoms with E-state index in [4.69, 9.17) is 21.1 Å². The minimum absolute atomic E-state index is 0.0784. The number of sulfonamides is 1. The van der Waals surface area contributed by atoms with Crippen molar-refractivity contribution in [3.8, 4) is 11.5 Å². The standard InChI is InChI=1S/C21H25ClN2O5S/c1-14-6-8-20(29-3)18(11-14)23-21(25)15-5-4-10-24(13-15)30(26,27)16-7-9-19(28-2)17(22)12-16/h6-9,11-12,15H,4-5,10,13H2,1-3H3,(H,23,25)/t15-/m1/s1. The van der Waals surface area contributed by atoms with E-state index in [0.717, 1.165) is 5.56 Å². The maximum atomic E-state index is 13.1. The first kappa shape index (κ1) is 22.4. The van der Waals surface area contributed by atoms with Crippen molar-refractivity contribution in [3.05, 3.63) is 47.0 Å². The molecule has 1 fully saturated rings. The molecule has 1 heterocycles. The number of amides is 1. The Morgan fingerprint density at radius 1 is 1.13 bits per heavy atom. The summed E-state index contributed by atoms with van der Waals surface area (Å²) in [5.74, 6) is 0.264. The first-order valence-electron chi connectivity index (χ1n) is 9.55. The largest absolute Gasteiger partial charge is 0.495 e. The number of halogens is 1. The van der Waals surface area contributed by atoms with Crippen molar-refractivity contribution in [1.29, 1.82) is 0 Å². The van der Waals surface area contributed by atoms with Crippen LogP contribution >= 0.6 is 11.6 Å². The van der Waals surface area contributed by atoms with E-state index in [1.165, 1.54) is 36.7 Å². The van der Waals surface area contributed by atoms with Gasteiger partial charge in [-0.05, 0) is 55.7 Å². The Hall–Kier alpha value is -2.29. The Bertz CT molecular complexity index is 1040. The number of methoxy groups -OCH3 is 2. The number of benzene rings is 2. The molecule has 0 spiro atoms. The van der Waals surface area contributed by atoms with Crippen LogP contribution in [-0.4, -0.2) is 45.9 Å². The molecule has 1 saturated heterocycles. The normalized spacial score (nSPS) is 17.4. The third kappa shape index (κ3) is 4.71. The minimum Gasteiger partial charge on any atom is -0.495 e. The Morgan fingerprint density at radius 3 is 2.50 bits per heavy atom. The summed E-state index contributed by atoms with van der Waals surface area (Å²) < 4.78 is 37.9. The quantitative estimate of drug-likeness (QED) is 0.722. The van der Waals surface area contributed by atoms with Crippen LogP contribution in [0, 0.1) is 12.8 Å². The number of carbonyl (C=O) groups excluding carboxylic acids is 1. The lowest BCUT2D eigenvalue weighted by Crippen LogP contribution is -2.43. The summed E-state index contributed by atoms with van der Waals surface area (Å²) in [5.41, 5.74) is 1.56. The van der Waals surface area contributed by atoms with E-state index in [0.29, 0.717) is 36.6 Å². The van der Waals surface area contributed by atoms with Crippen LogP contribution in [0.15, 0.2) is 41.3 Å². The van der Waals surface area contributed by atoms with Crippen LogP contribution in [-0.2, 0) is 14.8 Å². The first-order chi connectivity index (χ1) is 14.3. The summed E-state index contributed by atoms with van der Waals surface area (Å²) in [5, 5.41) is 3.10. The van der Waals surface area contributed by atoms with Gasteiger partial charge in [-0.2, -0.15) is 4.31 Å². The zero-order valence-electron chi connectivity index (χ0n) is 17.1. The van der Waals surface area contributed by atoms with Crippen molar-refractivity contribution in [2.45, 2.75) is 24.7 Å². The Morgan fingerprint density at radius 2 is 1.83 bits per heavy atom. The highest BCUT2D eigenvalue weighted by Gasteiger charge is 2.34. The third-order valence-electron chi connectivity index (χ3n) is 5.13. The molecule has 1 aliphatic heterocycles. The van der Waals surface area contributed by atoms with E-state index in [2.05, 4.69) is 5.32 Å². The van der Waals surface area contributed by atoms with Crippen LogP contribution in [0.4, 0.5) is 5.69 Å². The lowest BCUT2D eigenvalue weighted by atomic mass is 9.98. The van der Waals surface area contributed by atoms with Gasteiger partial charge >= 0.3 is 0 Å². The lowest BCUT2D eigenvalue weighted by molar-refractivity contribution is -0.120. The average molecular weight is 453 g/mol. The van der Waals surface area contributed by atoms with Gasteiger partial charge in [0.15, 0.2) is 0 Å². The van der Waals surface area contributed by atoms with Gasteiger partial charge in [0.1, 0.15) is 11.5 Å². The lowest BCUT2D eigenvalue weighted by Gasteiger charge is -2.31. The molecule has 0 unspecified atom stereocenters. The van der Waals surface area contributed by atoms with Crippen molar-refractivity contribution in [2.75, 3.05) is 32.6 Å². The molecule has 1 aliphatic rings. The summed E-state index contributed by atoms with van der Waals surface area (Å²) in [6, 6.07) is 9.86. The van der Waals surface area contributed by atoms with Crippen LogP contribution in [0.3, 0.4) is 0 Å². The van der Waals surface area contributed by atoms with Gasteiger partial charge in [-0.3, -0.25) is 4.79 Å². The summed E-state index contributed by atoms with van der Waals surface area (Å²) in [7, 11) is -0.778. The molecule has 0 saturated carbocycles. The zero-order chi connectivity index (χ0) is 21.9. The number of aryl methyl sites for hydroxylation is 1. The van der Waals surface area contributed by atoms with E-state index < -0.39 is 15.9 Å². The molecule has 3 rings (SSSR count). The maximum absolute atomic E-state index is 13.1. The molecular weight excluding hydrogens is 428 g/mol. The Balaban J connectivity index is 1.77. The maximum Gasteiger partial charge on any atom is 0.243 e. The second-order valence-corrected chi connectivity index (χ2v) is 9.54. The molecule has 9 heteroatoms. The predicted octanol–water partition coefficient (Wildman–Crippen LogP) is 3.71. The van der Waals surface area contributed by atoms with E-state index in [9.17, 15) is 13.2 Å². The molecule has 7 nitrogen and oxygen atoms in total. The molecule has 1 amide bonds. The second kappa shape index (κ2) is 9.24.